The summed E-state index contributed by atoms with van der Waals surface area (Å²) in [5, 5.41) is 11.0. The van der Waals surface area contributed by atoms with Crippen molar-refractivity contribution in [3.8, 4) is 0 Å². The van der Waals surface area contributed by atoms with E-state index in [1.807, 2.05) is 0 Å². The first-order chi connectivity index (χ1) is 10.2. The van der Waals surface area contributed by atoms with Gasteiger partial charge in [-0.3, -0.25) is 0 Å². The zero-order chi connectivity index (χ0) is 14.7. The first-order valence-electron chi connectivity index (χ1n) is 7.32. The topological polar surface area (TPSA) is 80.2 Å². The molecular formula is C15H21N5O. The van der Waals surface area contributed by atoms with Crippen molar-refractivity contribution in [3.63, 3.8) is 0 Å². The smallest absolute Gasteiger partial charge is 0.315 e. The van der Waals surface area contributed by atoms with Crippen LogP contribution in [0.25, 0.3) is 0 Å². The molecule has 0 spiro atoms. The number of aromatic nitrogens is 2. The highest BCUT2D eigenvalue weighted by Gasteiger charge is 2.23. The minimum atomic E-state index is 0.277. The number of rotatable bonds is 5. The van der Waals surface area contributed by atoms with Crippen LogP contribution >= 0.6 is 0 Å². The van der Waals surface area contributed by atoms with Gasteiger partial charge >= 0.3 is 6.01 Å². The van der Waals surface area contributed by atoms with Crippen molar-refractivity contribution in [1.82, 2.24) is 10.2 Å². The van der Waals surface area contributed by atoms with Gasteiger partial charge in [-0.2, -0.15) is 0 Å². The van der Waals surface area contributed by atoms with Crippen LogP contribution in [0.15, 0.2) is 28.7 Å². The lowest BCUT2D eigenvalue weighted by atomic mass is 10.1. The molecule has 1 aromatic carbocycles. The van der Waals surface area contributed by atoms with Crippen LogP contribution in [0.2, 0.25) is 0 Å². The average Bonchev–Trinajstić information content (AvgIpc) is 3.14. The Morgan fingerprint density at radius 3 is 3.10 bits per heavy atom. The van der Waals surface area contributed by atoms with Gasteiger partial charge in [0.15, 0.2) is 0 Å². The van der Waals surface area contributed by atoms with Crippen molar-refractivity contribution in [2.24, 2.45) is 11.7 Å². The minimum absolute atomic E-state index is 0.277. The van der Waals surface area contributed by atoms with Gasteiger partial charge in [-0.1, -0.05) is 17.2 Å². The summed E-state index contributed by atoms with van der Waals surface area (Å²) in [6, 6.07) is 9.12. The first-order valence-corrected chi connectivity index (χ1v) is 7.32. The van der Waals surface area contributed by atoms with Crippen molar-refractivity contribution in [1.29, 1.82) is 0 Å². The molecule has 21 heavy (non-hydrogen) atoms. The number of nitrogens with two attached hydrogens (primary N) is 1. The van der Waals surface area contributed by atoms with Crippen molar-refractivity contribution in [2.75, 3.05) is 29.9 Å². The quantitative estimate of drug-likeness (QED) is 0.872. The van der Waals surface area contributed by atoms with E-state index < -0.39 is 0 Å². The Kier molecular flexibility index (Phi) is 4.06. The number of hydrogen-bond acceptors (Lipinski definition) is 6. The van der Waals surface area contributed by atoms with Gasteiger partial charge in [0.25, 0.3) is 0 Å². The van der Waals surface area contributed by atoms with Crippen molar-refractivity contribution in [3.05, 3.63) is 35.7 Å². The Hall–Kier alpha value is -2.08. The lowest BCUT2D eigenvalue weighted by molar-refractivity contribution is 0.500. The third kappa shape index (κ3) is 3.33. The largest absolute Gasteiger partial charge is 0.407 e. The van der Waals surface area contributed by atoms with E-state index in [1.54, 1.807) is 0 Å². The molecular weight excluding hydrogens is 266 g/mol. The normalized spacial score (nSPS) is 18.2. The zero-order valence-corrected chi connectivity index (χ0v) is 12.2. The molecule has 1 saturated heterocycles. The maximum atomic E-state index is 5.45. The minimum Gasteiger partial charge on any atom is -0.407 e. The van der Waals surface area contributed by atoms with Gasteiger partial charge in [0.1, 0.15) is 0 Å². The maximum absolute atomic E-state index is 5.45. The molecule has 6 nitrogen and oxygen atoms in total. The second kappa shape index (κ2) is 6.13. The van der Waals surface area contributed by atoms with E-state index in [2.05, 4.69) is 51.6 Å². The molecule has 1 aliphatic heterocycles. The van der Waals surface area contributed by atoms with Crippen molar-refractivity contribution >= 4 is 11.7 Å². The monoisotopic (exact) mass is 287 g/mol. The summed E-state index contributed by atoms with van der Waals surface area (Å²) in [6.07, 6.45) is 1.17. The molecule has 2 heterocycles. The molecule has 0 radical (unpaired) electrons. The molecule has 0 aliphatic carbocycles. The van der Waals surface area contributed by atoms with E-state index >= 15 is 0 Å². The van der Waals surface area contributed by atoms with Crippen LogP contribution in [0.4, 0.5) is 11.7 Å². The summed E-state index contributed by atoms with van der Waals surface area (Å²) >= 11 is 0. The fraction of sp³-hybridized carbons (Fsp3) is 0.467. The fourth-order valence-corrected chi connectivity index (χ4v) is 2.70. The number of hydrogen-bond donors (Lipinski definition) is 2. The summed E-state index contributed by atoms with van der Waals surface area (Å²) in [7, 11) is 0. The number of aryl methyl sites for hydroxylation is 1. The Morgan fingerprint density at radius 2 is 2.33 bits per heavy atom. The lowest BCUT2D eigenvalue weighted by Crippen LogP contribution is -2.22. The van der Waals surface area contributed by atoms with Crippen LogP contribution in [-0.2, 0) is 6.54 Å². The fourth-order valence-electron chi connectivity index (χ4n) is 2.70. The van der Waals surface area contributed by atoms with E-state index in [-0.39, 0.29) is 6.54 Å². The zero-order valence-electron chi connectivity index (χ0n) is 12.2. The first kappa shape index (κ1) is 13.9. The lowest BCUT2D eigenvalue weighted by Gasteiger charge is -2.19. The molecule has 1 unspecified atom stereocenters. The van der Waals surface area contributed by atoms with Crippen LogP contribution in [0.3, 0.4) is 0 Å². The highest BCUT2D eigenvalue weighted by Crippen LogP contribution is 2.24. The highest BCUT2D eigenvalue weighted by molar-refractivity contribution is 5.49. The molecule has 3 N–H and O–H groups in total. The Labute approximate surface area is 124 Å². The molecule has 1 aromatic heterocycles. The van der Waals surface area contributed by atoms with Crippen LogP contribution in [-0.4, -0.2) is 29.8 Å². The molecule has 0 bridgehead atoms. The van der Waals surface area contributed by atoms with Gasteiger partial charge in [-0.15, -0.1) is 5.10 Å². The van der Waals surface area contributed by atoms with E-state index in [9.17, 15) is 0 Å². The number of benzene rings is 1. The molecule has 1 aliphatic rings. The third-order valence-electron chi connectivity index (χ3n) is 3.84. The summed E-state index contributed by atoms with van der Waals surface area (Å²) in [6.45, 7) is 5.39. The molecule has 2 aromatic rings. The van der Waals surface area contributed by atoms with E-state index in [1.165, 1.54) is 17.7 Å². The standard InChI is InChI=1S/C15H21N5O/c1-11-3-2-4-13(7-11)20-6-5-12(10-20)9-17-15-19-18-14(8-16)21-15/h2-4,7,12H,5-6,8-10,16H2,1H3,(H,17,19). The number of nitrogens with zero attached hydrogens (tertiary/aromatic N) is 3. The SMILES string of the molecule is Cc1cccc(N2CCC(CNc3nnc(CN)o3)C2)c1. The molecule has 0 saturated carbocycles. The summed E-state index contributed by atoms with van der Waals surface area (Å²) < 4.78 is 5.35. The molecule has 1 fully saturated rings. The van der Waals surface area contributed by atoms with Gasteiger partial charge in [0, 0.05) is 25.3 Å². The predicted octanol–water partition coefficient (Wildman–Crippen LogP) is 1.78. The van der Waals surface area contributed by atoms with Crippen molar-refractivity contribution < 1.29 is 4.42 Å². The molecule has 3 rings (SSSR count). The highest BCUT2D eigenvalue weighted by atomic mass is 16.4. The van der Waals surface area contributed by atoms with E-state index in [0.29, 0.717) is 17.8 Å². The second-order valence-corrected chi connectivity index (χ2v) is 5.53. The summed E-state index contributed by atoms with van der Waals surface area (Å²) in [5.41, 5.74) is 8.05. The molecule has 6 heteroatoms. The third-order valence-corrected chi connectivity index (χ3v) is 3.84. The van der Waals surface area contributed by atoms with Crippen LogP contribution in [0.5, 0.6) is 0 Å². The molecule has 1 atom stereocenters. The van der Waals surface area contributed by atoms with Crippen molar-refractivity contribution in [2.45, 2.75) is 19.9 Å². The van der Waals surface area contributed by atoms with Gasteiger partial charge in [-0.25, -0.2) is 0 Å². The molecule has 0 amide bonds. The van der Waals surface area contributed by atoms with Gasteiger partial charge in [-0.05, 0) is 37.0 Å². The van der Waals surface area contributed by atoms with Gasteiger partial charge in [0.05, 0.1) is 6.54 Å². The van der Waals surface area contributed by atoms with Crippen LogP contribution in [0.1, 0.15) is 17.9 Å². The Balaban J connectivity index is 1.52. The number of anilines is 2. The maximum Gasteiger partial charge on any atom is 0.315 e. The second-order valence-electron chi connectivity index (χ2n) is 5.53. The Bertz CT molecular complexity index is 597. The van der Waals surface area contributed by atoms with Crippen LogP contribution < -0.4 is 16.0 Å². The van der Waals surface area contributed by atoms with Crippen LogP contribution in [0, 0.1) is 12.8 Å². The predicted molar refractivity (Wildman–Crippen MR) is 82.2 cm³/mol. The average molecular weight is 287 g/mol. The molecule has 112 valence electrons. The summed E-state index contributed by atoms with van der Waals surface area (Å²) in [4.78, 5) is 2.43. The number of nitrogens with one attached hydrogen (secondary N) is 1. The van der Waals surface area contributed by atoms with Gasteiger partial charge in [0.2, 0.25) is 5.89 Å². The van der Waals surface area contributed by atoms with E-state index in [4.69, 9.17) is 10.2 Å². The van der Waals surface area contributed by atoms with E-state index in [0.717, 1.165) is 19.6 Å². The Morgan fingerprint density at radius 1 is 1.43 bits per heavy atom. The summed E-state index contributed by atoms with van der Waals surface area (Å²) in [5.74, 6) is 1.05. The van der Waals surface area contributed by atoms with Gasteiger partial charge < -0.3 is 20.4 Å².